The maximum atomic E-state index is 12.8. The van der Waals surface area contributed by atoms with Crippen LogP contribution in [0.1, 0.15) is 11.7 Å². The number of aliphatic hydroxyl groups is 1. The van der Waals surface area contributed by atoms with Crippen LogP contribution in [0.4, 0.5) is 4.39 Å². The van der Waals surface area contributed by atoms with E-state index in [-0.39, 0.29) is 15.1 Å². The first kappa shape index (κ1) is 11.4. The summed E-state index contributed by atoms with van der Waals surface area (Å²) >= 11 is 8.54. The lowest BCUT2D eigenvalue weighted by Gasteiger charge is -2.09. The highest BCUT2D eigenvalue weighted by molar-refractivity contribution is 9.10. The van der Waals surface area contributed by atoms with E-state index >= 15 is 0 Å². The van der Waals surface area contributed by atoms with Crippen molar-refractivity contribution in [2.75, 3.05) is 0 Å². The van der Waals surface area contributed by atoms with E-state index in [2.05, 4.69) is 15.9 Å². The number of rotatable bonds is 2. The molecule has 14 heavy (non-hydrogen) atoms. The van der Waals surface area contributed by atoms with E-state index in [1.807, 2.05) is 0 Å². The summed E-state index contributed by atoms with van der Waals surface area (Å²) in [5.41, 5.74) is -0.109. The molecule has 0 aliphatic rings. The maximum Gasteiger partial charge on any atom is 0.337 e. The van der Waals surface area contributed by atoms with Crippen molar-refractivity contribution in [1.82, 2.24) is 0 Å². The van der Waals surface area contributed by atoms with Crippen molar-refractivity contribution in [2.45, 2.75) is 6.10 Å². The number of hydrogen-bond acceptors (Lipinski definition) is 2. The third-order valence-electron chi connectivity index (χ3n) is 1.55. The van der Waals surface area contributed by atoms with Crippen LogP contribution < -0.4 is 0 Å². The van der Waals surface area contributed by atoms with Crippen molar-refractivity contribution in [3.8, 4) is 0 Å². The summed E-state index contributed by atoms with van der Waals surface area (Å²) in [6.45, 7) is 0. The van der Waals surface area contributed by atoms with Gasteiger partial charge in [0, 0.05) is 10.0 Å². The van der Waals surface area contributed by atoms with Gasteiger partial charge in [-0.25, -0.2) is 9.18 Å². The molecule has 3 nitrogen and oxygen atoms in total. The van der Waals surface area contributed by atoms with Gasteiger partial charge < -0.3 is 10.2 Å². The Morgan fingerprint density at radius 1 is 1.57 bits per heavy atom. The van der Waals surface area contributed by atoms with Crippen LogP contribution in [0.3, 0.4) is 0 Å². The number of aliphatic carboxylic acids is 1. The number of aliphatic hydroxyl groups excluding tert-OH is 1. The number of carboxylic acids is 1. The molecule has 6 heteroatoms. The Morgan fingerprint density at radius 3 is 2.64 bits per heavy atom. The van der Waals surface area contributed by atoms with Crippen LogP contribution in [0.25, 0.3) is 0 Å². The van der Waals surface area contributed by atoms with E-state index in [4.69, 9.17) is 16.7 Å². The summed E-state index contributed by atoms with van der Waals surface area (Å²) in [6.07, 6.45) is -1.79. The Kier molecular flexibility index (Phi) is 3.47. The third kappa shape index (κ3) is 2.23. The normalized spacial score (nSPS) is 12.6. The molecular formula is C8H5BrClFO3. The fraction of sp³-hybridized carbons (Fsp3) is 0.125. The van der Waals surface area contributed by atoms with Crippen molar-refractivity contribution in [2.24, 2.45) is 0 Å². The fourth-order valence-corrected chi connectivity index (χ4v) is 1.57. The number of hydrogen-bond donors (Lipinski definition) is 2. The largest absolute Gasteiger partial charge is 0.479 e. The average Bonchev–Trinajstić information content (AvgIpc) is 2.09. The lowest BCUT2D eigenvalue weighted by Crippen LogP contribution is -2.11. The summed E-state index contributed by atoms with van der Waals surface area (Å²) in [4.78, 5) is 10.4. The molecule has 2 N–H and O–H groups in total. The third-order valence-corrected chi connectivity index (χ3v) is 2.96. The van der Waals surface area contributed by atoms with Gasteiger partial charge in [0.25, 0.3) is 0 Å². The molecule has 0 fully saturated rings. The van der Waals surface area contributed by atoms with Gasteiger partial charge >= 0.3 is 5.97 Å². The van der Waals surface area contributed by atoms with Crippen LogP contribution in [0.5, 0.6) is 0 Å². The second kappa shape index (κ2) is 4.25. The lowest BCUT2D eigenvalue weighted by atomic mass is 10.1. The van der Waals surface area contributed by atoms with Crippen LogP contribution in [0.2, 0.25) is 5.02 Å². The monoisotopic (exact) mass is 282 g/mol. The van der Waals surface area contributed by atoms with Crippen molar-refractivity contribution < 1.29 is 19.4 Å². The van der Waals surface area contributed by atoms with Crippen molar-refractivity contribution in [3.63, 3.8) is 0 Å². The highest BCUT2D eigenvalue weighted by Gasteiger charge is 2.21. The van der Waals surface area contributed by atoms with E-state index < -0.39 is 17.9 Å². The Labute approximate surface area is 92.2 Å². The predicted molar refractivity (Wildman–Crippen MR) is 51.7 cm³/mol. The molecule has 1 aromatic rings. The first-order valence-electron chi connectivity index (χ1n) is 3.48. The zero-order chi connectivity index (χ0) is 10.9. The van der Waals surface area contributed by atoms with Gasteiger partial charge in [-0.1, -0.05) is 11.6 Å². The molecule has 0 spiro atoms. The molecule has 0 bridgehead atoms. The summed E-state index contributed by atoms with van der Waals surface area (Å²) in [5, 5.41) is 17.7. The molecular weight excluding hydrogens is 278 g/mol. The quantitative estimate of drug-likeness (QED) is 0.819. The molecule has 0 aliphatic heterocycles. The van der Waals surface area contributed by atoms with Gasteiger partial charge in [-0.3, -0.25) is 0 Å². The first-order valence-corrected chi connectivity index (χ1v) is 4.66. The van der Waals surface area contributed by atoms with Crippen LogP contribution in [0, 0.1) is 5.82 Å². The van der Waals surface area contributed by atoms with E-state index in [0.717, 1.165) is 12.1 Å². The average molecular weight is 283 g/mol. The molecule has 0 radical (unpaired) electrons. The highest BCUT2D eigenvalue weighted by atomic mass is 79.9. The summed E-state index contributed by atoms with van der Waals surface area (Å²) in [5.74, 6) is -2.17. The van der Waals surface area contributed by atoms with Crippen LogP contribution in [-0.2, 0) is 4.79 Å². The van der Waals surface area contributed by atoms with E-state index in [9.17, 15) is 14.3 Å². The molecule has 1 aromatic carbocycles. The fourth-order valence-electron chi connectivity index (χ4n) is 0.908. The Hall–Kier alpha value is -0.650. The smallest absolute Gasteiger partial charge is 0.337 e. The van der Waals surface area contributed by atoms with Gasteiger partial charge in [0.15, 0.2) is 6.10 Å². The summed E-state index contributed by atoms with van der Waals surface area (Å²) in [7, 11) is 0. The Bertz CT molecular complexity index is 383. The number of carbonyl (C=O) groups is 1. The van der Waals surface area contributed by atoms with Gasteiger partial charge in [-0.05, 0) is 28.1 Å². The van der Waals surface area contributed by atoms with Crippen LogP contribution >= 0.6 is 27.5 Å². The van der Waals surface area contributed by atoms with Crippen molar-refractivity contribution >= 4 is 33.5 Å². The zero-order valence-electron chi connectivity index (χ0n) is 6.67. The first-order chi connectivity index (χ1) is 6.43. The summed E-state index contributed by atoms with van der Waals surface area (Å²) in [6, 6.07) is 1.93. The van der Waals surface area contributed by atoms with Crippen molar-refractivity contribution in [1.29, 1.82) is 0 Å². The topological polar surface area (TPSA) is 57.5 Å². The van der Waals surface area contributed by atoms with Gasteiger partial charge in [0.1, 0.15) is 5.82 Å². The molecule has 0 saturated carbocycles. The number of halogens is 3. The van der Waals surface area contributed by atoms with Crippen molar-refractivity contribution in [3.05, 3.63) is 33.0 Å². The molecule has 0 heterocycles. The standard InChI is InChI=1S/C8H5BrClFO3/c9-6-4(7(12)8(13)14)1-3(11)2-5(6)10/h1-2,7,12H,(H,13,14). The zero-order valence-corrected chi connectivity index (χ0v) is 9.01. The maximum absolute atomic E-state index is 12.8. The highest BCUT2D eigenvalue weighted by Crippen LogP contribution is 2.31. The minimum Gasteiger partial charge on any atom is -0.479 e. The molecule has 0 aliphatic carbocycles. The van der Waals surface area contributed by atoms with Gasteiger partial charge in [0.05, 0.1) is 5.02 Å². The second-order valence-corrected chi connectivity index (χ2v) is 3.73. The van der Waals surface area contributed by atoms with Crippen LogP contribution in [0.15, 0.2) is 16.6 Å². The summed E-state index contributed by atoms with van der Waals surface area (Å²) < 4.78 is 13.0. The molecule has 1 unspecified atom stereocenters. The predicted octanol–water partition coefficient (Wildman–Crippen LogP) is 2.36. The number of carboxylic acid groups (broad SMARTS) is 1. The van der Waals surface area contributed by atoms with Gasteiger partial charge in [0.2, 0.25) is 0 Å². The lowest BCUT2D eigenvalue weighted by molar-refractivity contribution is -0.147. The van der Waals surface area contributed by atoms with E-state index in [0.29, 0.717) is 0 Å². The Morgan fingerprint density at radius 2 is 2.14 bits per heavy atom. The SMILES string of the molecule is O=C(O)C(O)c1cc(F)cc(Cl)c1Br. The molecule has 1 rings (SSSR count). The van der Waals surface area contributed by atoms with Gasteiger partial charge in [-0.2, -0.15) is 0 Å². The number of benzene rings is 1. The van der Waals surface area contributed by atoms with Crippen LogP contribution in [-0.4, -0.2) is 16.2 Å². The minimum absolute atomic E-state index is 0.0142. The van der Waals surface area contributed by atoms with E-state index in [1.54, 1.807) is 0 Å². The second-order valence-electron chi connectivity index (χ2n) is 2.53. The molecule has 0 amide bonds. The Balaban J connectivity index is 3.26. The molecule has 0 saturated heterocycles. The van der Waals surface area contributed by atoms with Gasteiger partial charge in [-0.15, -0.1) is 0 Å². The molecule has 0 aromatic heterocycles. The minimum atomic E-state index is -1.79. The molecule has 1 atom stereocenters. The molecule has 76 valence electrons. The van der Waals surface area contributed by atoms with E-state index in [1.165, 1.54) is 0 Å².